The van der Waals surface area contributed by atoms with Gasteiger partial charge in [0.15, 0.2) is 0 Å². The van der Waals surface area contributed by atoms with Crippen LogP contribution < -0.4 is 5.32 Å². The number of nitrogens with one attached hydrogen (secondary N) is 1. The minimum absolute atomic E-state index is 0.00262. The van der Waals surface area contributed by atoms with Gasteiger partial charge in [0.05, 0.1) is 17.9 Å². The quantitative estimate of drug-likeness (QED) is 0.671. The number of carboxylic acids is 1. The van der Waals surface area contributed by atoms with Gasteiger partial charge >= 0.3 is 12.1 Å². The standard InChI is InChI=1S/C27H26N2O5/c30-25(29-12-21-22(13-29)24(21)26(31)32)15-9-10-16(11-15)28-27(33)34-14-23-19-7-3-1-5-17(19)18-6-2-4-8-20(18)23/h1-10,15-16,21-24H,11-14H2,(H,28,33)(H,31,32)/t15?,16?,21-,22+,24?. The van der Waals surface area contributed by atoms with E-state index in [1.807, 2.05) is 36.4 Å². The normalized spacial score (nSPS) is 28.2. The Morgan fingerprint density at radius 2 is 1.56 bits per heavy atom. The van der Waals surface area contributed by atoms with Crippen LogP contribution >= 0.6 is 0 Å². The molecule has 0 bridgehead atoms. The van der Waals surface area contributed by atoms with E-state index in [0.29, 0.717) is 19.5 Å². The maximum atomic E-state index is 12.8. The number of amides is 2. The van der Waals surface area contributed by atoms with E-state index < -0.39 is 12.1 Å². The van der Waals surface area contributed by atoms with Crippen molar-refractivity contribution in [1.29, 1.82) is 0 Å². The number of benzene rings is 2. The molecule has 1 heterocycles. The van der Waals surface area contributed by atoms with Gasteiger partial charge in [0.1, 0.15) is 6.61 Å². The second kappa shape index (κ2) is 8.01. The fraction of sp³-hybridized carbons (Fsp3) is 0.370. The average molecular weight is 459 g/mol. The molecule has 3 aliphatic carbocycles. The first kappa shape index (κ1) is 21.0. The number of nitrogens with zero attached hydrogens (tertiary/aromatic N) is 1. The van der Waals surface area contributed by atoms with Crippen LogP contribution in [-0.4, -0.2) is 53.7 Å². The van der Waals surface area contributed by atoms with Gasteiger partial charge in [0.2, 0.25) is 5.91 Å². The van der Waals surface area contributed by atoms with E-state index in [4.69, 9.17) is 9.84 Å². The lowest BCUT2D eigenvalue weighted by atomic mass is 9.98. The van der Waals surface area contributed by atoms with Crippen molar-refractivity contribution in [3.05, 3.63) is 71.8 Å². The molecule has 0 spiro atoms. The second-order valence-corrected chi connectivity index (χ2v) is 9.74. The molecule has 1 saturated carbocycles. The average Bonchev–Trinajstić information content (AvgIpc) is 3.20. The topological polar surface area (TPSA) is 95.9 Å². The van der Waals surface area contributed by atoms with Crippen molar-refractivity contribution in [2.45, 2.75) is 18.4 Å². The zero-order chi connectivity index (χ0) is 23.4. The van der Waals surface area contributed by atoms with Gasteiger partial charge in [-0.25, -0.2) is 4.79 Å². The van der Waals surface area contributed by atoms with Gasteiger partial charge in [0.25, 0.3) is 0 Å². The minimum Gasteiger partial charge on any atom is -0.481 e. The van der Waals surface area contributed by atoms with Gasteiger partial charge in [-0.3, -0.25) is 9.59 Å². The fourth-order valence-electron chi connectivity index (χ4n) is 6.09. The van der Waals surface area contributed by atoms with Gasteiger partial charge in [-0.15, -0.1) is 0 Å². The van der Waals surface area contributed by atoms with Crippen LogP contribution in [0.3, 0.4) is 0 Å². The Balaban J connectivity index is 1.01. The molecule has 1 aliphatic heterocycles. The lowest BCUT2D eigenvalue weighted by Crippen LogP contribution is -2.38. The largest absolute Gasteiger partial charge is 0.481 e. The Kier molecular flexibility index (Phi) is 4.94. The molecule has 2 amide bonds. The van der Waals surface area contributed by atoms with Crippen LogP contribution in [0, 0.1) is 23.7 Å². The van der Waals surface area contributed by atoms with Gasteiger partial charge < -0.3 is 20.1 Å². The number of rotatable bonds is 5. The maximum absolute atomic E-state index is 12.8. The van der Waals surface area contributed by atoms with Crippen molar-refractivity contribution in [2.75, 3.05) is 19.7 Å². The van der Waals surface area contributed by atoms with Gasteiger partial charge in [-0.1, -0.05) is 60.7 Å². The van der Waals surface area contributed by atoms with Crippen LogP contribution in [-0.2, 0) is 14.3 Å². The van der Waals surface area contributed by atoms with Gasteiger partial charge in [-0.05, 0) is 40.5 Å². The molecule has 3 unspecified atom stereocenters. The first-order valence-electron chi connectivity index (χ1n) is 11.8. The number of carbonyl (C=O) groups is 3. The number of carbonyl (C=O) groups excluding carboxylic acids is 2. The van der Waals surface area contributed by atoms with Crippen molar-refractivity contribution < 1.29 is 24.2 Å². The minimum atomic E-state index is -0.754. The van der Waals surface area contributed by atoms with Crippen molar-refractivity contribution in [2.24, 2.45) is 23.7 Å². The molecule has 1 saturated heterocycles. The summed E-state index contributed by atoms with van der Waals surface area (Å²) in [6.07, 6.45) is 3.70. The molecule has 2 aromatic carbocycles. The van der Waals surface area contributed by atoms with Crippen molar-refractivity contribution in [3.63, 3.8) is 0 Å². The number of hydrogen-bond donors (Lipinski definition) is 2. The summed E-state index contributed by atoms with van der Waals surface area (Å²) < 4.78 is 5.62. The highest BCUT2D eigenvalue weighted by molar-refractivity contribution is 5.83. The smallest absolute Gasteiger partial charge is 0.407 e. The molecule has 0 radical (unpaired) electrons. The molecule has 4 aliphatic rings. The maximum Gasteiger partial charge on any atom is 0.407 e. The fourth-order valence-corrected chi connectivity index (χ4v) is 6.09. The molecular weight excluding hydrogens is 432 g/mol. The molecule has 0 aromatic heterocycles. The van der Waals surface area contributed by atoms with Crippen LogP contribution in [0.1, 0.15) is 23.5 Å². The van der Waals surface area contributed by atoms with Crippen LogP contribution in [0.25, 0.3) is 11.1 Å². The number of likely N-dealkylation sites (tertiary alicyclic amines) is 1. The molecule has 2 aromatic rings. The Labute approximate surface area is 197 Å². The summed E-state index contributed by atoms with van der Waals surface area (Å²) >= 11 is 0. The number of piperidine rings is 1. The lowest BCUT2D eigenvalue weighted by Gasteiger charge is -2.23. The van der Waals surface area contributed by atoms with E-state index in [0.717, 1.165) is 11.1 Å². The van der Waals surface area contributed by atoms with Crippen molar-refractivity contribution in [3.8, 4) is 11.1 Å². The molecular formula is C27H26N2O5. The second-order valence-electron chi connectivity index (χ2n) is 9.74. The summed E-state index contributed by atoms with van der Waals surface area (Å²) in [5, 5.41) is 12.0. The molecule has 7 nitrogen and oxygen atoms in total. The van der Waals surface area contributed by atoms with E-state index >= 15 is 0 Å². The molecule has 174 valence electrons. The van der Waals surface area contributed by atoms with Crippen LogP contribution in [0.5, 0.6) is 0 Å². The third-order valence-corrected chi connectivity index (χ3v) is 7.84. The number of hydrogen-bond acceptors (Lipinski definition) is 4. The molecule has 34 heavy (non-hydrogen) atoms. The van der Waals surface area contributed by atoms with E-state index in [2.05, 4.69) is 29.6 Å². The molecule has 2 fully saturated rings. The van der Waals surface area contributed by atoms with Crippen LogP contribution in [0.15, 0.2) is 60.7 Å². The van der Waals surface area contributed by atoms with E-state index in [1.54, 1.807) is 4.90 Å². The van der Waals surface area contributed by atoms with Crippen LogP contribution in [0.4, 0.5) is 4.79 Å². The Hall–Kier alpha value is -3.61. The number of ether oxygens (including phenoxy) is 1. The van der Waals surface area contributed by atoms with E-state index in [1.165, 1.54) is 11.1 Å². The monoisotopic (exact) mass is 458 g/mol. The zero-order valence-electron chi connectivity index (χ0n) is 18.6. The molecule has 5 atom stereocenters. The first-order chi connectivity index (χ1) is 16.5. The number of fused-ring (bicyclic) bond motifs is 4. The third kappa shape index (κ3) is 3.47. The predicted octanol–water partition coefficient (Wildman–Crippen LogP) is 3.26. The van der Waals surface area contributed by atoms with E-state index in [-0.39, 0.29) is 48.1 Å². The number of carboxylic acid groups (broad SMARTS) is 1. The summed E-state index contributed by atoms with van der Waals surface area (Å²) in [5.41, 5.74) is 4.69. The third-order valence-electron chi connectivity index (χ3n) is 7.84. The van der Waals surface area contributed by atoms with Gasteiger partial charge in [0, 0.05) is 19.0 Å². The molecule has 2 N–H and O–H groups in total. The SMILES string of the molecule is O=C(NC1C=CC(C(=O)N2C[C@@H]3C(C(=O)O)[C@@H]3C2)C1)OCC1c2ccccc2-c2ccccc21. The Morgan fingerprint density at radius 3 is 2.18 bits per heavy atom. The summed E-state index contributed by atoms with van der Waals surface area (Å²) in [4.78, 5) is 38.3. The van der Waals surface area contributed by atoms with Crippen molar-refractivity contribution in [1.82, 2.24) is 10.2 Å². The summed E-state index contributed by atoms with van der Waals surface area (Å²) in [6.45, 7) is 1.30. The van der Waals surface area contributed by atoms with Gasteiger partial charge in [-0.2, -0.15) is 0 Å². The Morgan fingerprint density at radius 1 is 0.941 bits per heavy atom. The van der Waals surface area contributed by atoms with Crippen molar-refractivity contribution >= 4 is 18.0 Å². The predicted molar refractivity (Wildman–Crippen MR) is 124 cm³/mol. The van der Waals surface area contributed by atoms with Crippen LogP contribution in [0.2, 0.25) is 0 Å². The number of alkyl carbamates (subject to hydrolysis) is 1. The summed E-state index contributed by atoms with van der Waals surface area (Å²) in [5.74, 6) is -1.11. The number of aliphatic carboxylic acids is 1. The highest BCUT2D eigenvalue weighted by atomic mass is 16.5. The first-order valence-corrected chi connectivity index (χ1v) is 11.8. The lowest BCUT2D eigenvalue weighted by molar-refractivity contribution is -0.141. The Bertz CT molecular complexity index is 1150. The molecule has 6 rings (SSSR count). The zero-order valence-corrected chi connectivity index (χ0v) is 18.6. The summed E-state index contributed by atoms with van der Waals surface area (Å²) in [7, 11) is 0. The highest BCUT2D eigenvalue weighted by Crippen LogP contribution is 2.52. The highest BCUT2D eigenvalue weighted by Gasteiger charge is 2.60. The van der Waals surface area contributed by atoms with E-state index in [9.17, 15) is 14.4 Å². The summed E-state index contributed by atoms with van der Waals surface area (Å²) in [6, 6.07) is 16.1. The molecule has 7 heteroatoms.